The van der Waals surface area contributed by atoms with Gasteiger partial charge in [-0.25, -0.2) is 14.8 Å². The van der Waals surface area contributed by atoms with E-state index in [2.05, 4.69) is 21.8 Å². The van der Waals surface area contributed by atoms with Gasteiger partial charge in [0.05, 0.1) is 25.9 Å². The molecule has 1 saturated heterocycles. The van der Waals surface area contributed by atoms with Crippen molar-refractivity contribution in [1.29, 1.82) is 0 Å². The van der Waals surface area contributed by atoms with Crippen molar-refractivity contribution < 1.29 is 14.3 Å². The Morgan fingerprint density at radius 3 is 3.11 bits per heavy atom. The third kappa shape index (κ3) is 2.84. The summed E-state index contributed by atoms with van der Waals surface area (Å²) in [6.07, 6.45) is 4.00. The second kappa shape index (κ2) is 5.97. The zero-order chi connectivity index (χ0) is 13.8. The van der Waals surface area contributed by atoms with Gasteiger partial charge >= 0.3 is 5.97 Å². The summed E-state index contributed by atoms with van der Waals surface area (Å²) in [7, 11) is 1.36. The molecule has 0 aromatic carbocycles. The van der Waals surface area contributed by atoms with E-state index in [1.807, 2.05) is 6.92 Å². The van der Waals surface area contributed by atoms with E-state index < -0.39 is 5.97 Å². The van der Waals surface area contributed by atoms with Crippen LogP contribution >= 0.6 is 0 Å². The Hall–Kier alpha value is -1.69. The number of hydrogen-bond acceptors (Lipinski definition) is 6. The average Bonchev–Trinajstić information content (AvgIpc) is 2.46. The van der Waals surface area contributed by atoms with Crippen LogP contribution in [0.1, 0.15) is 30.6 Å². The molecule has 1 aliphatic rings. The summed E-state index contributed by atoms with van der Waals surface area (Å²) in [4.78, 5) is 22.1. The Morgan fingerprint density at radius 2 is 2.42 bits per heavy atom. The van der Waals surface area contributed by atoms with Gasteiger partial charge in [0.25, 0.3) is 0 Å². The number of esters is 1. The Bertz CT molecular complexity index is 453. The smallest absolute Gasteiger partial charge is 0.343 e. The van der Waals surface area contributed by atoms with Gasteiger partial charge in [-0.15, -0.1) is 0 Å². The van der Waals surface area contributed by atoms with Gasteiger partial charge in [0.1, 0.15) is 17.7 Å². The summed E-state index contributed by atoms with van der Waals surface area (Å²) in [5, 5.41) is 0. The van der Waals surface area contributed by atoms with E-state index in [1.54, 1.807) is 0 Å². The summed E-state index contributed by atoms with van der Waals surface area (Å²) < 4.78 is 10.4. The molecule has 2 heterocycles. The van der Waals surface area contributed by atoms with Crippen LogP contribution in [0.5, 0.6) is 0 Å². The van der Waals surface area contributed by atoms with E-state index >= 15 is 0 Å². The van der Waals surface area contributed by atoms with Crippen molar-refractivity contribution in [3.05, 3.63) is 18.1 Å². The van der Waals surface area contributed by atoms with Crippen molar-refractivity contribution in [2.45, 2.75) is 32.4 Å². The predicted molar refractivity (Wildman–Crippen MR) is 70.2 cm³/mol. The third-order valence-electron chi connectivity index (χ3n) is 3.31. The minimum absolute atomic E-state index is 0.114. The van der Waals surface area contributed by atoms with Crippen LogP contribution in [0.15, 0.2) is 12.5 Å². The van der Waals surface area contributed by atoms with Crippen LogP contribution in [-0.4, -0.2) is 48.3 Å². The average molecular weight is 265 g/mol. The minimum Gasteiger partial charge on any atom is -0.465 e. The molecule has 6 heteroatoms. The van der Waals surface area contributed by atoms with E-state index in [-0.39, 0.29) is 12.1 Å². The maximum atomic E-state index is 11.8. The van der Waals surface area contributed by atoms with Crippen LogP contribution in [0.4, 0.5) is 5.82 Å². The number of anilines is 1. The molecule has 1 aromatic heterocycles. The molecule has 1 fully saturated rings. The first-order chi connectivity index (χ1) is 9.17. The van der Waals surface area contributed by atoms with Crippen molar-refractivity contribution in [3.8, 4) is 0 Å². The molecule has 1 aliphatic heterocycles. The molecule has 2 unspecified atom stereocenters. The van der Waals surface area contributed by atoms with Gasteiger partial charge in [0.15, 0.2) is 0 Å². The van der Waals surface area contributed by atoms with Crippen LogP contribution < -0.4 is 4.90 Å². The highest BCUT2D eigenvalue weighted by atomic mass is 16.5. The van der Waals surface area contributed by atoms with Crippen LogP contribution in [0.2, 0.25) is 0 Å². The van der Waals surface area contributed by atoms with Gasteiger partial charge in [-0.05, 0) is 13.3 Å². The number of aromatic nitrogens is 2. The summed E-state index contributed by atoms with van der Waals surface area (Å²) in [5.74, 6) is 0.216. The lowest BCUT2D eigenvalue weighted by Crippen LogP contribution is -2.49. The molecule has 104 valence electrons. The third-order valence-corrected chi connectivity index (χ3v) is 3.31. The fraction of sp³-hybridized carbons (Fsp3) is 0.615. The summed E-state index contributed by atoms with van der Waals surface area (Å²) in [6.45, 7) is 5.45. The second-order valence-electron chi connectivity index (χ2n) is 4.61. The van der Waals surface area contributed by atoms with Crippen LogP contribution in [0, 0.1) is 0 Å². The molecule has 1 aromatic rings. The van der Waals surface area contributed by atoms with Gasteiger partial charge in [-0.2, -0.15) is 0 Å². The highest BCUT2D eigenvalue weighted by Crippen LogP contribution is 2.24. The Kier molecular flexibility index (Phi) is 4.31. The van der Waals surface area contributed by atoms with E-state index in [9.17, 15) is 4.79 Å². The number of ether oxygens (including phenoxy) is 2. The monoisotopic (exact) mass is 265 g/mol. The van der Waals surface area contributed by atoms with Gasteiger partial charge in [-0.3, -0.25) is 0 Å². The zero-order valence-corrected chi connectivity index (χ0v) is 11.5. The van der Waals surface area contributed by atoms with E-state index in [0.29, 0.717) is 24.5 Å². The lowest BCUT2D eigenvalue weighted by molar-refractivity contribution is 0.0293. The number of morpholine rings is 1. The van der Waals surface area contributed by atoms with E-state index in [1.165, 1.54) is 19.6 Å². The lowest BCUT2D eigenvalue weighted by atomic mass is 10.1. The normalized spacial score (nSPS) is 23.2. The molecule has 0 N–H and O–H groups in total. The zero-order valence-electron chi connectivity index (χ0n) is 11.5. The molecule has 0 radical (unpaired) electrons. The first kappa shape index (κ1) is 13.7. The van der Waals surface area contributed by atoms with Gasteiger partial charge in [0.2, 0.25) is 0 Å². The Morgan fingerprint density at radius 1 is 1.63 bits per heavy atom. The van der Waals surface area contributed by atoms with Crippen molar-refractivity contribution in [2.24, 2.45) is 0 Å². The number of nitrogens with zero attached hydrogens (tertiary/aromatic N) is 3. The molecule has 0 spiro atoms. The van der Waals surface area contributed by atoms with E-state index in [0.717, 1.165) is 6.42 Å². The first-order valence-corrected chi connectivity index (χ1v) is 6.43. The first-order valence-electron chi connectivity index (χ1n) is 6.43. The van der Waals surface area contributed by atoms with Gasteiger partial charge < -0.3 is 14.4 Å². The van der Waals surface area contributed by atoms with Crippen molar-refractivity contribution in [1.82, 2.24) is 9.97 Å². The van der Waals surface area contributed by atoms with Crippen LogP contribution in [-0.2, 0) is 9.47 Å². The molecular formula is C13H19N3O3. The molecule has 0 bridgehead atoms. The molecule has 2 atom stereocenters. The van der Waals surface area contributed by atoms with Crippen LogP contribution in [0.3, 0.4) is 0 Å². The molecule has 0 aliphatic carbocycles. The van der Waals surface area contributed by atoms with Crippen molar-refractivity contribution in [3.63, 3.8) is 0 Å². The molecular weight excluding hydrogens is 246 g/mol. The second-order valence-corrected chi connectivity index (χ2v) is 4.61. The molecule has 0 saturated carbocycles. The number of methoxy groups -OCH3 is 1. The van der Waals surface area contributed by atoms with Gasteiger partial charge in [-0.1, -0.05) is 6.92 Å². The maximum Gasteiger partial charge on any atom is 0.343 e. The summed E-state index contributed by atoms with van der Waals surface area (Å²) >= 11 is 0. The predicted octanol–water partition coefficient (Wildman–Crippen LogP) is 1.27. The lowest BCUT2D eigenvalue weighted by Gasteiger charge is -2.39. The Labute approximate surface area is 112 Å². The SMILES string of the molecule is CCC1COC(C)CN1c1ncncc1C(=O)OC. The summed E-state index contributed by atoms with van der Waals surface area (Å²) in [5.41, 5.74) is 0.401. The van der Waals surface area contributed by atoms with Crippen LogP contribution in [0.25, 0.3) is 0 Å². The minimum atomic E-state index is -0.412. The number of carbonyl (C=O) groups excluding carboxylic acids is 1. The topological polar surface area (TPSA) is 64.5 Å². The largest absolute Gasteiger partial charge is 0.465 e. The van der Waals surface area contributed by atoms with Crippen molar-refractivity contribution in [2.75, 3.05) is 25.2 Å². The summed E-state index contributed by atoms with van der Waals surface area (Å²) in [6, 6.07) is 0.217. The Balaban J connectivity index is 2.35. The highest BCUT2D eigenvalue weighted by Gasteiger charge is 2.29. The number of carbonyl (C=O) groups is 1. The number of hydrogen-bond donors (Lipinski definition) is 0. The standard InChI is InChI=1S/C13H19N3O3/c1-4-10-7-19-9(2)6-16(10)12-11(13(17)18-3)5-14-8-15-12/h5,8-10H,4,6-7H2,1-3H3. The molecule has 0 amide bonds. The fourth-order valence-electron chi connectivity index (χ4n) is 2.25. The molecule has 19 heavy (non-hydrogen) atoms. The number of rotatable bonds is 3. The van der Waals surface area contributed by atoms with Gasteiger partial charge in [0, 0.05) is 12.7 Å². The fourth-order valence-corrected chi connectivity index (χ4v) is 2.25. The van der Waals surface area contributed by atoms with E-state index in [4.69, 9.17) is 9.47 Å². The molecule has 6 nitrogen and oxygen atoms in total. The highest BCUT2D eigenvalue weighted by molar-refractivity contribution is 5.94. The quantitative estimate of drug-likeness (QED) is 0.767. The maximum absolute atomic E-state index is 11.8. The molecule has 2 rings (SSSR count). The van der Waals surface area contributed by atoms with Crippen molar-refractivity contribution >= 4 is 11.8 Å².